The van der Waals surface area contributed by atoms with E-state index in [4.69, 9.17) is 11.6 Å². The average molecular weight is 438 g/mol. The summed E-state index contributed by atoms with van der Waals surface area (Å²) >= 11 is 7.35. The SMILES string of the molecule is CN1CCN(Sc2cc(O)c(O)c3c2CN(Cc2ccc(F)c(Cl)c2)C3=O)CC1. The number of phenols is 2. The van der Waals surface area contributed by atoms with E-state index in [-0.39, 0.29) is 28.8 Å². The number of amides is 1. The Morgan fingerprint density at radius 3 is 2.59 bits per heavy atom. The van der Waals surface area contributed by atoms with Gasteiger partial charge in [-0.25, -0.2) is 8.70 Å². The quantitative estimate of drug-likeness (QED) is 0.565. The normalized spacial score (nSPS) is 17.8. The second kappa shape index (κ2) is 8.02. The second-order valence-electron chi connectivity index (χ2n) is 7.33. The number of hydrogen-bond donors (Lipinski definition) is 2. The van der Waals surface area contributed by atoms with Crippen LogP contribution in [0.25, 0.3) is 0 Å². The fourth-order valence-electron chi connectivity index (χ4n) is 3.57. The highest BCUT2D eigenvalue weighted by molar-refractivity contribution is 7.97. The monoisotopic (exact) mass is 437 g/mol. The van der Waals surface area contributed by atoms with Gasteiger partial charge in [0.1, 0.15) is 5.82 Å². The van der Waals surface area contributed by atoms with E-state index in [0.717, 1.165) is 31.1 Å². The molecule has 0 atom stereocenters. The molecule has 0 spiro atoms. The van der Waals surface area contributed by atoms with Crippen LogP contribution in [0.2, 0.25) is 5.02 Å². The highest BCUT2D eigenvalue weighted by Crippen LogP contribution is 2.44. The topological polar surface area (TPSA) is 67.2 Å². The maximum atomic E-state index is 13.4. The Labute approximate surface area is 177 Å². The number of carbonyl (C=O) groups excluding carboxylic acids is 1. The van der Waals surface area contributed by atoms with Crippen LogP contribution in [0.3, 0.4) is 0 Å². The predicted molar refractivity (Wildman–Crippen MR) is 110 cm³/mol. The average Bonchev–Trinajstić information content (AvgIpc) is 3.01. The van der Waals surface area contributed by atoms with Crippen LogP contribution in [0.5, 0.6) is 11.5 Å². The molecule has 2 aliphatic heterocycles. The number of benzene rings is 2. The van der Waals surface area contributed by atoms with E-state index in [1.54, 1.807) is 11.0 Å². The zero-order valence-corrected chi connectivity index (χ0v) is 17.4. The number of nitrogens with zero attached hydrogens (tertiary/aromatic N) is 3. The minimum Gasteiger partial charge on any atom is -0.504 e. The van der Waals surface area contributed by atoms with E-state index in [0.29, 0.717) is 17.7 Å². The summed E-state index contributed by atoms with van der Waals surface area (Å²) < 4.78 is 15.6. The van der Waals surface area contributed by atoms with E-state index in [1.807, 2.05) is 0 Å². The second-order valence-corrected chi connectivity index (χ2v) is 8.88. The van der Waals surface area contributed by atoms with Gasteiger partial charge in [-0.15, -0.1) is 0 Å². The van der Waals surface area contributed by atoms with Gasteiger partial charge < -0.3 is 20.0 Å². The van der Waals surface area contributed by atoms with Crippen molar-refractivity contribution in [2.24, 2.45) is 0 Å². The van der Waals surface area contributed by atoms with E-state index < -0.39 is 11.6 Å². The van der Waals surface area contributed by atoms with Crippen molar-refractivity contribution in [3.63, 3.8) is 0 Å². The van der Waals surface area contributed by atoms with Crippen LogP contribution >= 0.6 is 23.5 Å². The number of aromatic hydroxyl groups is 2. The van der Waals surface area contributed by atoms with Crippen LogP contribution < -0.4 is 0 Å². The minimum absolute atomic E-state index is 0.00142. The van der Waals surface area contributed by atoms with Crippen LogP contribution in [-0.4, -0.2) is 63.5 Å². The Hall–Kier alpha value is -2.00. The summed E-state index contributed by atoms with van der Waals surface area (Å²) in [5.74, 6) is -1.58. The van der Waals surface area contributed by atoms with Crippen molar-refractivity contribution in [2.45, 2.75) is 18.0 Å². The first-order valence-corrected chi connectivity index (χ1v) is 10.4. The molecule has 2 N–H and O–H groups in total. The third-order valence-corrected chi connectivity index (χ3v) is 6.72. The van der Waals surface area contributed by atoms with Crippen LogP contribution in [0.1, 0.15) is 21.5 Å². The Morgan fingerprint density at radius 1 is 1.17 bits per heavy atom. The highest BCUT2D eigenvalue weighted by atomic mass is 35.5. The first kappa shape index (κ1) is 20.3. The zero-order valence-electron chi connectivity index (χ0n) is 15.9. The number of rotatable bonds is 4. The third-order valence-electron chi connectivity index (χ3n) is 5.24. The van der Waals surface area contributed by atoms with Gasteiger partial charge in [0.2, 0.25) is 0 Å². The molecule has 29 heavy (non-hydrogen) atoms. The van der Waals surface area contributed by atoms with Gasteiger partial charge in [0.05, 0.1) is 10.6 Å². The highest BCUT2D eigenvalue weighted by Gasteiger charge is 2.35. The first-order valence-electron chi connectivity index (χ1n) is 9.26. The molecule has 0 aromatic heterocycles. The van der Waals surface area contributed by atoms with Crippen molar-refractivity contribution >= 4 is 29.5 Å². The summed E-state index contributed by atoms with van der Waals surface area (Å²) in [5.41, 5.74) is 1.52. The lowest BCUT2D eigenvalue weighted by atomic mass is 10.1. The molecule has 2 aromatic rings. The van der Waals surface area contributed by atoms with Crippen LogP contribution in [0.4, 0.5) is 4.39 Å². The molecule has 0 unspecified atom stereocenters. The molecule has 1 fully saturated rings. The van der Waals surface area contributed by atoms with Gasteiger partial charge in [0.25, 0.3) is 5.91 Å². The zero-order chi connectivity index (χ0) is 20.7. The van der Waals surface area contributed by atoms with Crippen molar-refractivity contribution in [3.8, 4) is 11.5 Å². The molecule has 2 aromatic carbocycles. The first-order chi connectivity index (χ1) is 13.8. The summed E-state index contributed by atoms with van der Waals surface area (Å²) in [7, 11) is 2.07. The lowest BCUT2D eigenvalue weighted by molar-refractivity contribution is 0.0764. The van der Waals surface area contributed by atoms with E-state index in [2.05, 4.69) is 16.3 Å². The lowest BCUT2D eigenvalue weighted by Crippen LogP contribution is -2.41. The van der Waals surface area contributed by atoms with E-state index >= 15 is 0 Å². The predicted octanol–water partition coefficient (Wildman–Crippen LogP) is 3.30. The van der Waals surface area contributed by atoms with Crippen molar-refractivity contribution in [1.82, 2.24) is 14.1 Å². The molecule has 0 saturated carbocycles. The number of piperazine rings is 1. The maximum Gasteiger partial charge on any atom is 0.258 e. The van der Waals surface area contributed by atoms with Gasteiger partial charge in [-0.1, -0.05) is 17.7 Å². The Morgan fingerprint density at radius 2 is 1.90 bits per heavy atom. The van der Waals surface area contributed by atoms with Gasteiger partial charge in [-0.05, 0) is 42.8 Å². The summed E-state index contributed by atoms with van der Waals surface area (Å²) in [4.78, 5) is 17.5. The molecule has 0 aliphatic carbocycles. The Bertz CT molecular complexity index is 966. The maximum absolute atomic E-state index is 13.4. The molecule has 2 heterocycles. The molecule has 2 aliphatic rings. The number of likely N-dealkylation sites (N-methyl/N-ethyl adjacent to an activating group) is 1. The van der Waals surface area contributed by atoms with E-state index in [9.17, 15) is 19.4 Å². The number of halogens is 2. The molecule has 4 rings (SSSR count). The van der Waals surface area contributed by atoms with Gasteiger partial charge >= 0.3 is 0 Å². The fourth-order valence-corrected chi connectivity index (χ4v) is 4.84. The number of phenolic OH excluding ortho intramolecular Hbond substituents is 2. The Kier molecular flexibility index (Phi) is 5.61. The summed E-state index contributed by atoms with van der Waals surface area (Å²) in [5, 5.41) is 20.5. The summed E-state index contributed by atoms with van der Waals surface area (Å²) in [6.07, 6.45) is 0. The molecular formula is C20H21ClFN3O3S. The van der Waals surface area contributed by atoms with Crippen molar-refractivity contribution < 1.29 is 19.4 Å². The van der Waals surface area contributed by atoms with E-state index in [1.165, 1.54) is 30.1 Å². The molecular weight excluding hydrogens is 417 g/mol. The molecule has 9 heteroatoms. The molecule has 1 saturated heterocycles. The van der Waals surface area contributed by atoms with Crippen LogP contribution in [0, 0.1) is 5.82 Å². The van der Waals surface area contributed by atoms with Crippen LogP contribution in [-0.2, 0) is 13.1 Å². The van der Waals surface area contributed by atoms with Crippen molar-refractivity contribution in [3.05, 3.63) is 51.8 Å². The largest absolute Gasteiger partial charge is 0.504 e. The van der Waals surface area contributed by atoms with Crippen LogP contribution in [0.15, 0.2) is 29.2 Å². The standard InChI is InChI=1S/C20H21ClFN3O3S/c1-23-4-6-25(7-5-23)29-17-9-16(26)19(27)18-13(17)11-24(20(18)28)10-12-2-3-15(22)14(21)8-12/h2-3,8-9,26-27H,4-7,10-11H2,1H3. The Balaban J connectivity index is 1.59. The van der Waals surface area contributed by atoms with Gasteiger partial charge in [0, 0.05) is 49.7 Å². The third kappa shape index (κ3) is 4.02. The fraction of sp³-hybridized carbons (Fsp3) is 0.350. The smallest absolute Gasteiger partial charge is 0.258 e. The molecule has 0 radical (unpaired) electrons. The minimum atomic E-state index is -0.514. The summed E-state index contributed by atoms with van der Waals surface area (Å²) in [6, 6.07) is 5.85. The number of hydrogen-bond acceptors (Lipinski definition) is 6. The molecule has 0 bridgehead atoms. The van der Waals surface area contributed by atoms with Gasteiger partial charge in [-0.2, -0.15) is 0 Å². The van der Waals surface area contributed by atoms with Gasteiger partial charge in [-0.3, -0.25) is 4.79 Å². The molecule has 6 nitrogen and oxygen atoms in total. The van der Waals surface area contributed by atoms with Crippen molar-refractivity contribution in [2.75, 3.05) is 33.2 Å². The molecule has 154 valence electrons. The molecule has 1 amide bonds. The number of fused-ring (bicyclic) bond motifs is 1. The van der Waals surface area contributed by atoms with Gasteiger partial charge in [0.15, 0.2) is 11.5 Å². The lowest BCUT2D eigenvalue weighted by Gasteiger charge is -2.31. The number of carbonyl (C=O) groups is 1. The van der Waals surface area contributed by atoms with Crippen molar-refractivity contribution in [1.29, 1.82) is 0 Å². The summed E-state index contributed by atoms with van der Waals surface area (Å²) in [6.45, 7) is 4.14.